The number of anilines is 1. The van der Waals surface area contributed by atoms with Crippen molar-refractivity contribution in [3.05, 3.63) is 96.1 Å². The zero-order valence-electron chi connectivity index (χ0n) is 15.4. The Hall–Kier alpha value is -3.11. The fraction of sp³-hybridized carbons (Fsp3) is 0.174. The van der Waals surface area contributed by atoms with Gasteiger partial charge in [0.1, 0.15) is 12.4 Å². The van der Waals surface area contributed by atoms with Gasteiger partial charge < -0.3 is 15.4 Å². The molecule has 3 aromatic carbocycles. The van der Waals surface area contributed by atoms with Gasteiger partial charge in [-0.25, -0.2) is 0 Å². The van der Waals surface area contributed by atoms with E-state index in [4.69, 9.17) is 4.74 Å². The molecule has 27 heavy (non-hydrogen) atoms. The van der Waals surface area contributed by atoms with E-state index in [0.717, 1.165) is 22.6 Å². The number of carbonyl (C=O) groups is 1. The number of hydrogen-bond donors (Lipinski definition) is 2. The molecular weight excluding hydrogens is 336 g/mol. The van der Waals surface area contributed by atoms with Crippen LogP contribution in [0.3, 0.4) is 0 Å². The highest BCUT2D eigenvalue weighted by Gasteiger charge is 2.07. The lowest BCUT2D eigenvalue weighted by Crippen LogP contribution is -2.30. The molecule has 2 N–H and O–H groups in total. The van der Waals surface area contributed by atoms with Gasteiger partial charge in [0, 0.05) is 11.7 Å². The topological polar surface area (TPSA) is 50.4 Å². The first-order chi connectivity index (χ1) is 13.2. The summed E-state index contributed by atoms with van der Waals surface area (Å²) in [4.78, 5) is 12.1. The van der Waals surface area contributed by atoms with Crippen molar-refractivity contribution >= 4 is 11.6 Å². The second-order valence-corrected chi connectivity index (χ2v) is 6.36. The van der Waals surface area contributed by atoms with Crippen LogP contribution in [-0.2, 0) is 11.4 Å². The lowest BCUT2D eigenvalue weighted by Gasteiger charge is -2.14. The number of ether oxygens (including phenoxy) is 1. The monoisotopic (exact) mass is 360 g/mol. The Kier molecular flexibility index (Phi) is 6.61. The highest BCUT2D eigenvalue weighted by Crippen LogP contribution is 2.17. The predicted octanol–water partition coefficient (Wildman–Crippen LogP) is 4.55. The van der Waals surface area contributed by atoms with E-state index in [1.165, 1.54) is 0 Å². The molecule has 4 heteroatoms. The van der Waals surface area contributed by atoms with E-state index in [9.17, 15) is 4.79 Å². The van der Waals surface area contributed by atoms with E-state index in [1.54, 1.807) is 0 Å². The van der Waals surface area contributed by atoms with Crippen molar-refractivity contribution in [3.8, 4) is 5.75 Å². The van der Waals surface area contributed by atoms with Crippen LogP contribution in [0.5, 0.6) is 5.75 Å². The fourth-order valence-electron chi connectivity index (χ4n) is 2.69. The summed E-state index contributed by atoms with van der Waals surface area (Å²) in [7, 11) is 0. The maximum absolute atomic E-state index is 12.1. The summed E-state index contributed by atoms with van der Waals surface area (Å²) in [5.41, 5.74) is 3.03. The Morgan fingerprint density at radius 3 is 2.19 bits per heavy atom. The van der Waals surface area contributed by atoms with Gasteiger partial charge in [-0.15, -0.1) is 0 Å². The van der Waals surface area contributed by atoms with Crippen molar-refractivity contribution in [2.45, 2.75) is 19.6 Å². The van der Waals surface area contributed by atoms with Crippen molar-refractivity contribution in [1.29, 1.82) is 0 Å². The third kappa shape index (κ3) is 5.97. The van der Waals surface area contributed by atoms with Crippen LogP contribution in [-0.4, -0.2) is 12.5 Å². The highest BCUT2D eigenvalue weighted by atomic mass is 16.5. The third-order valence-electron chi connectivity index (χ3n) is 4.25. The van der Waals surface area contributed by atoms with Crippen LogP contribution in [0.4, 0.5) is 5.69 Å². The Labute approximate surface area is 160 Å². The maximum Gasteiger partial charge on any atom is 0.238 e. The van der Waals surface area contributed by atoms with Gasteiger partial charge in [0.25, 0.3) is 0 Å². The van der Waals surface area contributed by atoms with Crippen LogP contribution in [0.15, 0.2) is 84.9 Å². The molecular formula is C23H24N2O2. The number of carbonyl (C=O) groups excluding carboxylic acids is 1. The van der Waals surface area contributed by atoms with E-state index in [1.807, 2.05) is 91.9 Å². The first kappa shape index (κ1) is 18.7. The zero-order chi connectivity index (χ0) is 18.9. The van der Waals surface area contributed by atoms with Crippen molar-refractivity contribution in [1.82, 2.24) is 5.32 Å². The Bertz CT molecular complexity index is 833. The summed E-state index contributed by atoms with van der Waals surface area (Å²) in [6, 6.07) is 27.6. The highest BCUT2D eigenvalue weighted by molar-refractivity contribution is 5.92. The molecule has 0 fully saturated rings. The molecule has 0 unspecified atom stereocenters. The minimum Gasteiger partial charge on any atom is -0.489 e. The second-order valence-electron chi connectivity index (χ2n) is 6.36. The number of rotatable bonds is 8. The van der Waals surface area contributed by atoms with Crippen LogP contribution in [0, 0.1) is 0 Å². The minimum absolute atomic E-state index is 0.0734. The van der Waals surface area contributed by atoms with Crippen LogP contribution in [0.2, 0.25) is 0 Å². The Morgan fingerprint density at radius 2 is 1.52 bits per heavy atom. The lowest BCUT2D eigenvalue weighted by molar-refractivity contribution is -0.115. The Morgan fingerprint density at radius 1 is 0.889 bits per heavy atom. The second kappa shape index (κ2) is 9.55. The van der Waals surface area contributed by atoms with Crippen molar-refractivity contribution < 1.29 is 9.53 Å². The molecule has 0 saturated heterocycles. The van der Waals surface area contributed by atoms with Gasteiger partial charge in [-0.05, 0) is 42.3 Å². The van der Waals surface area contributed by atoms with Gasteiger partial charge in [0.15, 0.2) is 0 Å². The molecule has 3 rings (SSSR count). The first-order valence-corrected chi connectivity index (χ1v) is 9.06. The van der Waals surface area contributed by atoms with Crippen molar-refractivity contribution in [2.75, 3.05) is 11.9 Å². The number of amides is 1. The van der Waals surface area contributed by atoms with Gasteiger partial charge in [-0.3, -0.25) is 4.79 Å². The molecule has 0 saturated carbocycles. The summed E-state index contributed by atoms with van der Waals surface area (Å²) in [6.45, 7) is 2.82. The molecule has 4 nitrogen and oxygen atoms in total. The summed E-state index contributed by atoms with van der Waals surface area (Å²) in [6.07, 6.45) is 0. The normalized spacial score (nSPS) is 11.6. The van der Waals surface area contributed by atoms with Crippen LogP contribution in [0.25, 0.3) is 0 Å². The first-order valence-electron chi connectivity index (χ1n) is 9.06. The molecule has 0 aliphatic heterocycles. The number of benzene rings is 3. The fourth-order valence-corrected chi connectivity index (χ4v) is 2.69. The van der Waals surface area contributed by atoms with E-state index >= 15 is 0 Å². The van der Waals surface area contributed by atoms with E-state index in [2.05, 4.69) is 10.6 Å². The largest absolute Gasteiger partial charge is 0.489 e. The Balaban J connectivity index is 1.44. The predicted molar refractivity (Wildman–Crippen MR) is 109 cm³/mol. The summed E-state index contributed by atoms with van der Waals surface area (Å²) in [5.74, 6) is 0.698. The van der Waals surface area contributed by atoms with Crippen molar-refractivity contribution in [2.24, 2.45) is 0 Å². The van der Waals surface area contributed by atoms with E-state index < -0.39 is 0 Å². The van der Waals surface area contributed by atoms with Gasteiger partial charge in [-0.2, -0.15) is 0 Å². The van der Waals surface area contributed by atoms with Crippen LogP contribution < -0.4 is 15.4 Å². The zero-order valence-corrected chi connectivity index (χ0v) is 15.4. The minimum atomic E-state index is -0.0734. The SMILES string of the molecule is C[C@H](NCC(=O)Nc1ccc(OCc2ccccc2)cc1)c1ccccc1. The van der Waals surface area contributed by atoms with E-state index in [-0.39, 0.29) is 18.5 Å². The molecule has 3 aromatic rings. The molecule has 0 spiro atoms. The molecule has 0 aromatic heterocycles. The molecule has 138 valence electrons. The van der Waals surface area contributed by atoms with Gasteiger partial charge in [-0.1, -0.05) is 60.7 Å². The molecule has 0 aliphatic carbocycles. The van der Waals surface area contributed by atoms with Crippen molar-refractivity contribution in [3.63, 3.8) is 0 Å². The summed E-state index contributed by atoms with van der Waals surface area (Å²) in [5, 5.41) is 6.12. The average Bonchev–Trinajstić information content (AvgIpc) is 2.73. The third-order valence-corrected chi connectivity index (χ3v) is 4.25. The summed E-state index contributed by atoms with van der Waals surface area (Å²) < 4.78 is 5.75. The smallest absolute Gasteiger partial charge is 0.238 e. The quantitative estimate of drug-likeness (QED) is 0.619. The molecule has 0 aliphatic rings. The maximum atomic E-state index is 12.1. The van der Waals surface area contributed by atoms with E-state index in [0.29, 0.717) is 6.61 Å². The molecule has 0 radical (unpaired) electrons. The van der Waals surface area contributed by atoms with Gasteiger partial charge in [0.05, 0.1) is 6.54 Å². The van der Waals surface area contributed by atoms with Crippen LogP contribution >= 0.6 is 0 Å². The lowest BCUT2D eigenvalue weighted by atomic mass is 10.1. The average molecular weight is 360 g/mol. The van der Waals surface area contributed by atoms with Crippen LogP contribution in [0.1, 0.15) is 24.1 Å². The number of nitrogens with one attached hydrogen (secondary N) is 2. The molecule has 0 bridgehead atoms. The van der Waals surface area contributed by atoms with Gasteiger partial charge >= 0.3 is 0 Å². The van der Waals surface area contributed by atoms with Gasteiger partial charge in [0.2, 0.25) is 5.91 Å². The molecule has 0 heterocycles. The number of hydrogen-bond acceptors (Lipinski definition) is 3. The molecule has 1 atom stereocenters. The summed E-state index contributed by atoms with van der Waals surface area (Å²) >= 11 is 0. The standard InChI is InChI=1S/C23H24N2O2/c1-18(20-10-6-3-7-11-20)24-16-23(26)25-21-12-14-22(15-13-21)27-17-19-8-4-2-5-9-19/h2-15,18,24H,16-17H2,1H3,(H,25,26)/t18-/m0/s1. The molecule has 1 amide bonds.